The maximum atomic E-state index is 13.0. The van der Waals surface area contributed by atoms with E-state index in [1.54, 1.807) is 60.7 Å². The van der Waals surface area contributed by atoms with E-state index >= 15 is 0 Å². The number of amides is 4. The second kappa shape index (κ2) is 10.5. The number of urea groups is 1. The van der Waals surface area contributed by atoms with Crippen LogP contribution in [-0.4, -0.2) is 36.4 Å². The summed E-state index contributed by atoms with van der Waals surface area (Å²) < 4.78 is 24.0. The van der Waals surface area contributed by atoms with Crippen molar-refractivity contribution in [1.82, 2.24) is 10.2 Å². The summed E-state index contributed by atoms with van der Waals surface area (Å²) in [5.74, 6) is -0.496. The lowest BCUT2D eigenvalue weighted by molar-refractivity contribution is -0.127. The molecule has 0 aliphatic carbocycles. The van der Waals surface area contributed by atoms with Crippen LogP contribution < -0.4 is 20.1 Å². The highest BCUT2D eigenvalue weighted by Gasteiger charge is 2.35. The summed E-state index contributed by atoms with van der Waals surface area (Å²) >= 11 is 0. The van der Waals surface area contributed by atoms with Crippen molar-refractivity contribution >= 4 is 29.6 Å². The van der Waals surface area contributed by atoms with Crippen molar-refractivity contribution in [3.63, 3.8) is 0 Å². The molecule has 0 aromatic heterocycles. The molecule has 1 heterocycles. The molecule has 0 radical (unpaired) electrons. The molecule has 1 fully saturated rings. The van der Waals surface area contributed by atoms with E-state index in [1.807, 2.05) is 0 Å². The van der Waals surface area contributed by atoms with Crippen LogP contribution in [0.4, 0.5) is 14.9 Å². The minimum atomic E-state index is -0.694. The number of rotatable bonds is 8. The molecule has 4 rings (SSSR count). The molecule has 178 valence electrons. The van der Waals surface area contributed by atoms with Crippen LogP contribution in [0.25, 0.3) is 6.08 Å². The van der Waals surface area contributed by atoms with Crippen LogP contribution in [0.5, 0.6) is 11.5 Å². The molecule has 0 unspecified atom stereocenters. The first-order valence-electron chi connectivity index (χ1n) is 10.7. The summed E-state index contributed by atoms with van der Waals surface area (Å²) in [5, 5.41) is 5.13. The first-order valence-corrected chi connectivity index (χ1v) is 10.7. The van der Waals surface area contributed by atoms with Gasteiger partial charge in [0.1, 0.15) is 36.2 Å². The van der Waals surface area contributed by atoms with Gasteiger partial charge in [-0.2, -0.15) is 0 Å². The van der Waals surface area contributed by atoms with Crippen molar-refractivity contribution in [2.24, 2.45) is 0 Å². The molecule has 2 N–H and O–H groups in total. The molecule has 3 aromatic carbocycles. The largest absolute Gasteiger partial charge is 0.495 e. The zero-order valence-corrected chi connectivity index (χ0v) is 18.8. The van der Waals surface area contributed by atoms with Gasteiger partial charge in [-0.3, -0.25) is 9.59 Å². The number of para-hydroxylation sites is 2. The molecule has 4 amide bonds. The molecule has 3 aromatic rings. The zero-order chi connectivity index (χ0) is 24.8. The topological polar surface area (TPSA) is 97.0 Å². The molecule has 1 saturated heterocycles. The van der Waals surface area contributed by atoms with Crippen molar-refractivity contribution in [1.29, 1.82) is 0 Å². The number of anilines is 1. The monoisotopic (exact) mass is 475 g/mol. The number of hydrogen-bond acceptors (Lipinski definition) is 5. The minimum Gasteiger partial charge on any atom is -0.495 e. The van der Waals surface area contributed by atoms with Crippen molar-refractivity contribution in [3.05, 3.63) is 95.4 Å². The number of carbonyl (C=O) groups is 3. The molecule has 8 nitrogen and oxygen atoms in total. The van der Waals surface area contributed by atoms with Gasteiger partial charge in [-0.05, 0) is 53.6 Å². The lowest BCUT2D eigenvalue weighted by Crippen LogP contribution is -2.38. The number of imide groups is 1. The third-order valence-corrected chi connectivity index (χ3v) is 5.13. The zero-order valence-electron chi connectivity index (χ0n) is 18.8. The van der Waals surface area contributed by atoms with Crippen LogP contribution in [0.2, 0.25) is 0 Å². The van der Waals surface area contributed by atoms with Crippen LogP contribution >= 0.6 is 0 Å². The van der Waals surface area contributed by atoms with E-state index in [4.69, 9.17) is 9.47 Å². The van der Waals surface area contributed by atoms with Gasteiger partial charge in [0.25, 0.3) is 5.91 Å². The minimum absolute atomic E-state index is 0.0378. The second-order valence-electron chi connectivity index (χ2n) is 7.62. The number of ether oxygens (including phenoxy) is 2. The fourth-order valence-corrected chi connectivity index (χ4v) is 3.40. The first-order chi connectivity index (χ1) is 16.9. The Kier molecular flexibility index (Phi) is 7.06. The standard InChI is InChI=1S/C26H22FN3O5/c1-34-23-8-3-2-7-21(23)28-24(31)15-30-25(32)22(29-26(30)33)14-18-5-4-6-20(13-18)35-16-17-9-11-19(27)12-10-17/h2-14H,15-16H2,1H3,(H,28,31)(H,29,33). The molecule has 35 heavy (non-hydrogen) atoms. The van der Waals surface area contributed by atoms with Crippen LogP contribution in [0.3, 0.4) is 0 Å². The third-order valence-electron chi connectivity index (χ3n) is 5.13. The molecule has 0 atom stereocenters. The van der Waals surface area contributed by atoms with Crippen LogP contribution in [0, 0.1) is 5.82 Å². The Labute approximate surface area is 201 Å². The summed E-state index contributed by atoms with van der Waals surface area (Å²) in [4.78, 5) is 38.4. The fourth-order valence-electron chi connectivity index (χ4n) is 3.40. The van der Waals surface area contributed by atoms with Gasteiger partial charge in [-0.25, -0.2) is 14.1 Å². The summed E-state index contributed by atoms with van der Waals surface area (Å²) in [6.07, 6.45) is 1.50. The van der Waals surface area contributed by atoms with E-state index in [-0.39, 0.29) is 18.1 Å². The molecular weight excluding hydrogens is 453 g/mol. The van der Waals surface area contributed by atoms with Crippen molar-refractivity contribution in [2.45, 2.75) is 6.61 Å². The van der Waals surface area contributed by atoms with Crippen LogP contribution in [0.1, 0.15) is 11.1 Å². The molecular formula is C26H22FN3O5. The molecule has 1 aliphatic heterocycles. The van der Waals surface area contributed by atoms with Crippen LogP contribution in [0.15, 0.2) is 78.5 Å². The quantitative estimate of drug-likeness (QED) is 0.380. The number of nitrogens with zero attached hydrogens (tertiary/aromatic N) is 1. The second-order valence-corrected chi connectivity index (χ2v) is 7.62. The molecule has 0 spiro atoms. The van der Waals surface area contributed by atoms with Gasteiger partial charge < -0.3 is 20.1 Å². The third kappa shape index (κ3) is 5.83. The van der Waals surface area contributed by atoms with Gasteiger partial charge in [0, 0.05) is 0 Å². The number of methoxy groups -OCH3 is 1. The predicted octanol–water partition coefficient (Wildman–Crippen LogP) is 3.94. The van der Waals surface area contributed by atoms with E-state index in [1.165, 1.54) is 25.3 Å². The lowest BCUT2D eigenvalue weighted by atomic mass is 10.1. The Morgan fingerprint density at radius 2 is 1.83 bits per heavy atom. The Balaban J connectivity index is 1.40. The smallest absolute Gasteiger partial charge is 0.329 e. The number of carbonyl (C=O) groups excluding carboxylic acids is 3. The lowest BCUT2D eigenvalue weighted by Gasteiger charge is -2.13. The van der Waals surface area contributed by atoms with E-state index < -0.39 is 24.4 Å². The molecule has 1 aliphatic rings. The maximum Gasteiger partial charge on any atom is 0.329 e. The Morgan fingerprint density at radius 1 is 1.06 bits per heavy atom. The summed E-state index contributed by atoms with van der Waals surface area (Å²) in [7, 11) is 1.47. The number of hydrogen-bond donors (Lipinski definition) is 2. The van der Waals surface area contributed by atoms with Gasteiger partial charge >= 0.3 is 6.03 Å². The highest BCUT2D eigenvalue weighted by atomic mass is 19.1. The van der Waals surface area contributed by atoms with Gasteiger partial charge in [-0.15, -0.1) is 0 Å². The first kappa shape index (κ1) is 23.5. The van der Waals surface area contributed by atoms with E-state index in [0.717, 1.165) is 10.5 Å². The van der Waals surface area contributed by atoms with Gasteiger partial charge in [0.2, 0.25) is 5.91 Å². The SMILES string of the molecule is COc1ccccc1NC(=O)CN1C(=O)NC(=Cc2cccc(OCc3ccc(F)cc3)c2)C1=O. The predicted molar refractivity (Wildman–Crippen MR) is 127 cm³/mol. The normalized spacial score (nSPS) is 14.1. The summed E-state index contributed by atoms with van der Waals surface area (Å²) in [5.41, 5.74) is 1.89. The van der Waals surface area contributed by atoms with Crippen molar-refractivity contribution < 1.29 is 28.2 Å². The van der Waals surface area contributed by atoms with Crippen molar-refractivity contribution in [2.75, 3.05) is 19.0 Å². The molecule has 9 heteroatoms. The summed E-state index contributed by atoms with van der Waals surface area (Å²) in [6.45, 7) is -0.216. The number of benzene rings is 3. The van der Waals surface area contributed by atoms with E-state index in [2.05, 4.69) is 10.6 Å². The highest BCUT2D eigenvalue weighted by molar-refractivity contribution is 6.16. The average molecular weight is 475 g/mol. The van der Waals surface area contributed by atoms with E-state index in [9.17, 15) is 18.8 Å². The van der Waals surface area contributed by atoms with Gasteiger partial charge in [0.05, 0.1) is 12.8 Å². The Morgan fingerprint density at radius 3 is 2.60 bits per heavy atom. The highest BCUT2D eigenvalue weighted by Crippen LogP contribution is 2.23. The number of halogens is 1. The average Bonchev–Trinajstić information content (AvgIpc) is 3.11. The van der Waals surface area contributed by atoms with E-state index in [0.29, 0.717) is 22.7 Å². The summed E-state index contributed by atoms with van der Waals surface area (Å²) in [6, 6.07) is 19.0. The van der Waals surface area contributed by atoms with Gasteiger partial charge in [-0.1, -0.05) is 36.4 Å². The molecule has 0 saturated carbocycles. The van der Waals surface area contributed by atoms with Crippen molar-refractivity contribution in [3.8, 4) is 11.5 Å². The van der Waals surface area contributed by atoms with Gasteiger partial charge in [0.15, 0.2) is 0 Å². The Bertz CT molecular complexity index is 1290. The number of nitrogens with one attached hydrogen (secondary N) is 2. The fraction of sp³-hybridized carbons (Fsp3) is 0.115. The van der Waals surface area contributed by atoms with Crippen LogP contribution in [-0.2, 0) is 16.2 Å². The maximum absolute atomic E-state index is 13.0. The molecule has 0 bridgehead atoms. The Hall–Kier alpha value is -4.66.